The number of nitrogens with one attached hydrogen (secondary N) is 1. The average Bonchev–Trinajstić information content (AvgIpc) is 3.77. The molecule has 0 aliphatic heterocycles. The van der Waals surface area contributed by atoms with Gasteiger partial charge in [0.1, 0.15) is 16.8 Å². The summed E-state index contributed by atoms with van der Waals surface area (Å²) in [6.45, 7) is 3.13. The molecule has 0 unspecified atom stereocenters. The highest BCUT2D eigenvalue weighted by Gasteiger charge is 2.27. The van der Waals surface area contributed by atoms with E-state index in [1.165, 1.54) is 6.20 Å². The van der Waals surface area contributed by atoms with Crippen molar-refractivity contribution in [1.29, 1.82) is 0 Å². The molecule has 4 heterocycles. The van der Waals surface area contributed by atoms with Crippen LogP contribution in [0.25, 0.3) is 39.0 Å². The van der Waals surface area contributed by atoms with Crippen LogP contribution >= 0.6 is 0 Å². The molecule has 6 rings (SSSR count). The molecule has 0 radical (unpaired) electrons. The van der Waals surface area contributed by atoms with Crippen molar-refractivity contribution >= 4 is 16.9 Å². The third-order valence-electron chi connectivity index (χ3n) is 6.99. The molecule has 0 atom stereocenters. The topological polar surface area (TPSA) is 124 Å². The molecule has 0 spiro atoms. The first kappa shape index (κ1) is 25.4. The number of pyridine rings is 4. The number of benzene rings is 1. The number of aliphatic hydroxyl groups is 1. The average molecular weight is 534 g/mol. The van der Waals surface area contributed by atoms with Crippen LogP contribution in [0.1, 0.15) is 42.7 Å². The number of aromatic nitrogens is 4. The maximum atomic E-state index is 13.2. The number of carbonyl (C=O) groups excluding carboxylic acids is 1. The number of rotatable bonds is 6. The fourth-order valence-electron chi connectivity index (χ4n) is 4.73. The fraction of sp³-hybridized carbons (Fsp3) is 0.194. The molecule has 9 heteroatoms. The van der Waals surface area contributed by atoms with Gasteiger partial charge in [-0.2, -0.15) is 4.73 Å². The molecule has 2 N–H and O–H groups in total. The standard InChI is InChI=1S/C31H27N5O4/c1-31(2,39)27-11-8-20(17-36(27)40)22-13-21(15-32-16-22)19-5-3-6-24(14-19)35-18-26(30(38)34-23-9-10-23)28(37)25-7-4-12-33-29(25)35/h3-8,11-18,23,39H,9-10H2,1-2H3,(H,34,38). The van der Waals surface area contributed by atoms with E-state index in [9.17, 15) is 19.9 Å². The summed E-state index contributed by atoms with van der Waals surface area (Å²) in [6.07, 6.45) is 9.85. The highest BCUT2D eigenvalue weighted by atomic mass is 16.5. The van der Waals surface area contributed by atoms with Crippen LogP contribution < -0.4 is 15.5 Å². The largest absolute Gasteiger partial charge is 0.618 e. The minimum atomic E-state index is -1.26. The Balaban J connectivity index is 1.41. The maximum Gasteiger partial charge on any atom is 0.257 e. The molecule has 1 aromatic carbocycles. The molecule has 5 aromatic rings. The molecule has 1 aliphatic rings. The Morgan fingerprint density at radius 2 is 1.82 bits per heavy atom. The number of hydrogen-bond acceptors (Lipinski definition) is 6. The summed E-state index contributed by atoms with van der Waals surface area (Å²) in [4.78, 5) is 34.9. The summed E-state index contributed by atoms with van der Waals surface area (Å²) < 4.78 is 2.43. The summed E-state index contributed by atoms with van der Waals surface area (Å²) in [5.74, 6) is -0.383. The van der Waals surface area contributed by atoms with Crippen molar-refractivity contribution in [1.82, 2.24) is 19.9 Å². The smallest absolute Gasteiger partial charge is 0.257 e. The Labute approximate surface area is 230 Å². The van der Waals surface area contributed by atoms with Crippen LogP contribution in [0.5, 0.6) is 0 Å². The van der Waals surface area contributed by atoms with E-state index in [0.717, 1.165) is 35.2 Å². The van der Waals surface area contributed by atoms with Crippen molar-refractivity contribution in [3.63, 3.8) is 0 Å². The van der Waals surface area contributed by atoms with Gasteiger partial charge in [-0.25, -0.2) is 4.98 Å². The molecule has 1 aliphatic carbocycles. The van der Waals surface area contributed by atoms with Crippen LogP contribution in [0.4, 0.5) is 0 Å². The molecule has 200 valence electrons. The van der Waals surface area contributed by atoms with Crippen molar-refractivity contribution < 1.29 is 14.6 Å². The van der Waals surface area contributed by atoms with Crippen LogP contribution in [-0.2, 0) is 5.60 Å². The zero-order chi connectivity index (χ0) is 28.0. The minimum Gasteiger partial charge on any atom is -0.618 e. The van der Waals surface area contributed by atoms with Crippen molar-refractivity contribution in [3.05, 3.63) is 112 Å². The number of carbonyl (C=O) groups is 1. The summed E-state index contributed by atoms with van der Waals surface area (Å²) in [6, 6.07) is 16.5. The van der Waals surface area contributed by atoms with E-state index in [0.29, 0.717) is 21.3 Å². The normalized spacial score (nSPS) is 13.4. The van der Waals surface area contributed by atoms with Crippen LogP contribution in [0.15, 0.2) is 90.4 Å². The molecule has 40 heavy (non-hydrogen) atoms. The molecule has 0 saturated heterocycles. The molecule has 9 nitrogen and oxygen atoms in total. The van der Waals surface area contributed by atoms with E-state index >= 15 is 0 Å². The highest BCUT2D eigenvalue weighted by Crippen LogP contribution is 2.28. The van der Waals surface area contributed by atoms with E-state index in [1.807, 2.05) is 30.3 Å². The van der Waals surface area contributed by atoms with Gasteiger partial charge in [0.2, 0.25) is 11.1 Å². The lowest BCUT2D eigenvalue weighted by Gasteiger charge is -2.17. The molecule has 0 bridgehead atoms. The summed E-state index contributed by atoms with van der Waals surface area (Å²) in [7, 11) is 0. The lowest BCUT2D eigenvalue weighted by molar-refractivity contribution is -0.621. The first-order valence-corrected chi connectivity index (χ1v) is 13.0. The fourth-order valence-corrected chi connectivity index (χ4v) is 4.73. The Kier molecular flexibility index (Phi) is 6.15. The molecule has 4 aromatic heterocycles. The molecule has 1 saturated carbocycles. The van der Waals surface area contributed by atoms with Gasteiger partial charge in [0.15, 0.2) is 6.20 Å². The second-order valence-corrected chi connectivity index (χ2v) is 10.6. The van der Waals surface area contributed by atoms with Crippen LogP contribution in [-0.4, -0.2) is 31.6 Å². The Hall–Kier alpha value is -4.89. The first-order valence-electron chi connectivity index (χ1n) is 13.0. The van der Waals surface area contributed by atoms with Crippen molar-refractivity contribution in [2.45, 2.75) is 38.3 Å². The second-order valence-electron chi connectivity index (χ2n) is 10.6. The second kappa shape index (κ2) is 9.69. The summed E-state index contributed by atoms with van der Waals surface area (Å²) in [5, 5.41) is 26.1. The van der Waals surface area contributed by atoms with Crippen LogP contribution in [0, 0.1) is 5.21 Å². The van der Waals surface area contributed by atoms with Crippen molar-refractivity contribution in [2.75, 3.05) is 0 Å². The van der Waals surface area contributed by atoms with Crippen molar-refractivity contribution in [2.24, 2.45) is 0 Å². The van der Waals surface area contributed by atoms with E-state index in [2.05, 4.69) is 15.3 Å². The third-order valence-corrected chi connectivity index (χ3v) is 6.99. The van der Waals surface area contributed by atoms with Gasteiger partial charge in [0.05, 0.1) is 5.39 Å². The Morgan fingerprint density at radius 1 is 1.05 bits per heavy atom. The summed E-state index contributed by atoms with van der Waals surface area (Å²) >= 11 is 0. The molecule has 1 amide bonds. The van der Waals surface area contributed by atoms with Gasteiger partial charge in [-0.1, -0.05) is 12.1 Å². The van der Waals surface area contributed by atoms with E-state index in [1.54, 1.807) is 67.5 Å². The predicted octanol–water partition coefficient (Wildman–Crippen LogP) is 3.87. The van der Waals surface area contributed by atoms with Gasteiger partial charge in [-0.05, 0) is 68.7 Å². The van der Waals surface area contributed by atoms with Crippen LogP contribution in [0.2, 0.25) is 0 Å². The van der Waals surface area contributed by atoms with Gasteiger partial charge < -0.3 is 20.2 Å². The van der Waals surface area contributed by atoms with E-state index in [-0.39, 0.29) is 28.6 Å². The number of nitrogens with zero attached hydrogens (tertiary/aromatic N) is 4. The monoisotopic (exact) mass is 533 g/mol. The van der Waals surface area contributed by atoms with Gasteiger partial charge >= 0.3 is 0 Å². The first-order chi connectivity index (χ1) is 19.2. The summed E-state index contributed by atoms with van der Waals surface area (Å²) in [5.41, 5.74) is 2.94. The Bertz CT molecular complexity index is 1840. The molecular weight excluding hydrogens is 506 g/mol. The SMILES string of the molecule is CC(C)(O)c1ccc(-c2cncc(-c3cccc(-n4cc(C(=O)NC5CC5)c(=O)c5cccnc54)c3)c2)c[n+]1[O-]. The van der Waals surface area contributed by atoms with E-state index in [4.69, 9.17) is 0 Å². The number of hydrogen-bond donors (Lipinski definition) is 2. The maximum absolute atomic E-state index is 13.2. The van der Waals surface area contributed by atoms with E-state index < -0.39 is 5.60 Å². The Morgan fingerprint density at radius 3 is 2.55 bits per heavy atom. The highest BCUT2D eigenvalue weighted by molar-refractivity contribution is 5.97. The van der Waals surface area contributed by atoms with Crippen molar-refractivity contribution in [3.8, 4) is 27.9 Å². The minimum absolute atomic E-state index is 0.0712. The quantitative estimate of drug-likeness (QED) is 0.252. The predicted molar refractivity (Wildman–Crippen MR) is 151 cm³/mol. The number of fused-ring (bicyclic) bond motifs is 1. The molecule has 1 fully saturated rings. The van der Waals surface area contributed by atoms with Gasteiger partial charge in [-0.3, -0.25) is 14.6 Å². The zero-order valence-corrected chi connectivity index (χ0v) is 22.0. The van der Waals surface area contributed by atoms with Gasteiger partial charge in [-0.15, -0.1) is 0 Å². The molecular formula is C31H27N5O4. The third kappa shape index (κ3) is 4.83. The van der Waals surface area contributed by atoms with Crippen LogP contribution in [0.3, 0.4) is 0 Å². The lowest BCUT2D eigenvalue weighted by atomic mass is 10.0. The van der Waals surface area contributed by atoms with Gasteiger partial charge in [0.25, 0.3) is 5.91 Å². The lowest BCUT2D eigenvalue weighted by Crippen LogP contribution is -2.39. The zero-order valence-electron chi connectivity index (χ0n) is 22.0. The van der Waals surface area contributed by atoms with Gasteiger partial charge in [0, 0.05) is 59.3 Å². The number of amides is 1.